The molecule has 1 saturated heterocycles. The van der Waals surface area contributed by atoms with Gasteiger partial charge in [-0.15, -0.1) is 13.1 Å². The Labute approximate surface area is 85.0 Å². The topological polar surface area (TPSA) is 23.3 Å². The van der Waals surface area contributed by atoms with Gasteiger partial charge in [-0.2, -0.15) is 0 Å². The van der Waals surface area contributed by atoms with Gasteiger partial charge >= 0.3 is 21.7 Å². The first-order valence-corrected chi connectivity index (χ1v) is 3.71. The van der Waals surface area contributed by atoms with Crippen molar-refractivity contribution in [2.45, 2.75) is 12.8 Å². The minimum atomic E-state index is 0. The summed E-state index contributed by atoms with van der Waals surface area (Å²) in [6.07, 6.45) is 1.92. The number of hydrogen-bond donors (Lipinski definition) is 0. The molecule has 0 aliphatic carbocycles. The van der Waals surface area contributed by atoms with Crippen LogP contribution in [0.2, 0.25) is 0 Å². The van der Waals surface area contributed by atoms with Crippen molar-refractivity contribution in [2.75, 3.05) is 26.3 Å². The molecule has 2 nitrogen and oxygen atoms in total. The maximum Gasteiger partial charge on any atom is 3.00 e. The van der Waals surface area contributed by atoms with Crippen molar-refractivity contribution in [3.63, 3.8) is 0 Å². The Morgan fingerprint density at radius 3 is 1.64 bits per heavy atom. The fourth-order valence-corrected chi connectivity index (χ4v) is 0.472. The van der Waals surface area contributed by atoms with Crippen LogP contribution >= 0.6 is 0 Å². The molecule has 0 N–H and O–H groups in total. The van der Waals surface area contributed by atoms with E-state index in [1.54, 1.807) is 0 Å². The van der Waals surface area contributed by atoms with E-state index < -0.39 is 0 Å². The number of rotatable bonds is 1. The van der Waals surface area contributed by atoms with Gasteiger partial charge in [-0.05, 0) is 0 Å². The fraction of sp³-hybridized carbons (Fsp3) is 0.750. The Kier molecular flexibility index (Phi) is 17.1. The molecule has 0 amide bonds. The molecule has 11 heavy (non-hydrogen) atoms. The second kappa shape index (κ2) is 13.2. The molecule has 0 saturated carbocycles. The minimum absolute atomic E-state index is 0. The van der Waals surface area contributed by atoms with E-state index in [1.165, 1.54) is 0 Å². The molecule has 1 radical (unpaired) electrons. The van der Waals surface area contributed by atoms with Gasteiger partial charge in [0.1, 0.15) is 0 Å². The smallest absolute Gasteiger partial charge is 0.659 e. The van der Waals surface area contributed by atoms with Crippen LogP contribution in [0, 0.1) is 13.8 Å². The summed E-state index contributed by atoms with van der Waals surface area (Å²) >= 11 is 0. The van der Waals surface area contributed by atoms with E-state index in [2.05, 4.69) is 19.2 Å². The second-order valence-electron chi connectivity index (χ2n) is 1.99. The van der Waals surface area contributed by atoms with Gasteiger partial charge in [0.15, 0.2) is 0 Å². The summed E-state index contributed by atoms with van der Waals surface area (Å²) in [5.74, 6) is 0. The average molecular weight is 190 g/mol. The van der Waals surface area contributed by atoms with Crippen molar-refractivity contribution < 1.29 is 26.5 Å². The van der Waals surface area contributed by atoms with Crippen LogP contribution in [0.25, 0.3) is 5.32 Å². The second-order valence-corrected chi connectivity index (χ2v) is 1.99. The van der Waals surface area contributed by atoms with Crippen LogP contribution < -0.4 is 0 Å². The Balaban J connectivity index is 0. The summed E-state index contributed by atoms with van der Waals surface area (Å²) < 4.78 is 4.98. The molecule has 63 valence electrons. The Bertz CT molecular complexity index is 44.5. The van der Waals surface area contributed by atoms with Crippen LogP contribution in [0.5, 0.6) is 0 Å². The van der Waals surface area contributed by atoms with E-state index in [9.17, 15) is 0 Å². The van der Waals surface area contributed by atoms with Crippen molar-refractivity contribution in [3.05, 3.63) is 19.2 Å². The van der Waals surface area contributed by atoms with Gasteiger partial charge in [0.25, 0.3) is 0 Å². The summed E-state index contributed by atoms with van der Waals surface area (Å²) in [5, 5.41) is 4.05. The van der Waals surface area contributed by atoms with E-state index in [-0.39, 0.29) is 21.7 Å². The van der Waals surface area contributed by atoms with E-state index >= 15 is 0 Å². The minimum Gasteiger partial charge on any atom is -0.659 e. The van der Waals surface area contributed by atoms with Gasteiger partial charge in [0, 0.05) is 13.2 Å². The largest absolute Gasteiger partial charge is 3.00 e. The SMILES string of the molecule is C1COCC[N-]1.[CH2-]CC[CH2-].[Ti+3]. The van der Waals surface area contributed by atoms with Crippen molar-refractivity contribution >= 4 is 0 Å². The van der Waals surface area contributed by atoms with Crippen LogP contribution in [-0.4, -0.2) is 26.3 Å². The van der Waals surface area contributed by atoms with Gasteiger partial charge in [-0.1, -0.05) is 0 Å². The predicted molar refractivity (Wildman–Crippen MR) is 43.9 cm³/mol. The summed E-state index contributed by atoms with van der Waals surface area (Å²) in [5.41, 5.74) is 0. The zero-order valence-electron chi connectivity index (χ0n) is 7.01. The molecule has 1 aliphatic heterocycles. The van der Waals surface area contributed by atoms with Gasteiger partial charge in [0.2, 0.25) is 0 Å². The molecule has 0 bridgehead atoms. The van der Waals surface area contributed by atoms with Crippen LogP contribution in [0.15, 0.2) is 0 Å². The summed E-state index contributed by atoms with van der Waals surface area (Å²) in [4.78, 5) is 0. The van der Waals surface area contributed by atoms with Gasteiger partial charge in [-0.3, -0.25) is 0 Å². The predicted octanol–water partition coefficient (Wildman–Crippen LogP) is 1.82. The van der Waals surface area contributed by atoms with Gasteiger partial charge < -0.3 is 23.9 Å². The molecule has 0 spiro atoms. The molecule has 1 heterocycles. The van der Waals surface area contributed by atoms with Gasteiger partial charge in [0.05, 0.1) is 0 Å². The molecule has 0 aromatic rings. The number of unbranched alkanes of at least 4 members (excludes halogenated alkanes) is 1. The molecule has 0 atom stereocenters. The first-order chi connectivity index (χ1) is 4.91. The normalized spacial score (nSPS) is 15.8. The molecule has 1 rings (SSSR count). The average Bonchev–Trinajstić information content (AvgIpc) is 2.08. The van der Waals surface area contributed by atoms with E-state index in [0.29, 0.717) is 0 Å². The molecular formula is C8H16NOTi. The third kappa shape index (κ3) is 13.6. The number of hydrogen-bond acceptors (Lipinski definition) is 1. The van der Waals surface area contributed by atoms with Crippen LogP contribution in [0.1, 0.15) is 12.8 Å². The van der Waals surface area contributed by atoms with Crippen LogP contribution in [0.4, 0.5) is 0 Å². The zero-order chi connectivity index (χ0) is 7.66. The Hall–Kier alpha value is 0.634. The first kappa shape index (κ1) is 14.2. The summed E-state index contributed by atoms with van der Waals surface area (Å²) in [7, 11) is 0. The quantitative estimate of drug-likeness (QED) is 0.457. The maximum absolute atomic E-state index is 4.98. The van der Waals surface area contributed by atoms with Crippen molar-refractivity contribution in [3.8, 4) is 0 Å². The molecule has 1 aliphatic rings. The molecule has 0 aromatic carbocycles. The van der Waals surface area contributed by atoms with Crippen molar-refractivity contribution in [1.82, 2.24) is 0 Å². The maximum atomic E-state index is 4.98. The summed E-state index contributed by atoms with van der Waals surface area (Å²) in [6, 6.07) is 0. The third-order valence-electron chi connectivity index (χ3n) is 1.04. The van der Waals surface area contributed by atoms with E-state index in [0.717, 1.165) is 39.1 Å². The summed E-state index contributed by atoms with van der Waals surface area (Å²) in [6.45, 7) is 10.6. The van der Waals surface area contributed by atoms with Crippen LogP contribution in [-0.2, 0) is 26.5 Å². The number of morpholine rings is 1. The van der Waals surface area contributed by atoms with Crippen molar-refractivity contribution in [1.29, 1.82) is 0 Å². The zero-order valence-corrected chi connectivity index (χ0v) is 8.57. The molecule has 3 heteroatoms. The molecular weight excluding hydrogens is 174 g/mol. The molecule has 0 aromatic heterocycles. The van der Waals surface area contributed by atoms with E-state index in [1.807, 2.05) is 0 Å². The monoisotopic (exact) mass is 190 g/mol. The molecule has 0 unspecified atom stereocenters. The Morgan fingerprint density at radius 1 is 1.09 bits per heavy atom. The fourth-order valence-electron chi connectivity index (χ4n) is 0.472. The standard InChI is InChI=1S/C4H8NO.C4H8.Ti/c1-3-6-4-2-5-1;1-3-4-2;/h1-4H2;1-4H2;/q-1;-2;+3. The number of nitrogens with zero attached hydrogens (tertiary/aromatic N) is 1. The Morgan fingerprint density at radius 2 is 1.55 bits per heavy atom. The number of ether oxygens (including phenoxy) is 1. The third-order valence-corrected chi connectivity index (χ3v) is 1.04. The van der Waals surface area contributed by atoms with E-state index in [4.69, 9.17) is 4.74 Å². The molecule has 1 fully saturated rings. The van der Waals surface area contributed by atoms with Crippen molar-refractivity contribution in [2.24, 2.45) is 0 Å². The van der Waals surface area contributed by atoms with Gasteiger partial charge in [-0.25, -0.2) is 12.8 Å². The van der Waals surface area contributed by atoms with Crippen LogP contribution in [0.3, 0.4) is 0 Å². The first-order valence-electron chi connectivity index (χ1n) is 3.71.